The van der Waals surface area contributed by atoms with Gasteiger partial charge in [0, 0.05) is 4.91 Å². The number of carbonyl (C=O) groups excluding carboxylic acids is 2. The van der Waals surface area contributed by atoms with Gasteiger partial charge in [-0.05, 0) is 24.4 Å². The number of carbonyl (C=O) groups is 2. The molecule has 1 heterocycles. The van der Waals surface area contributed by atoms with E-state index in [1.807, 2.05) is 6.07 Å². The number of rotatable bonds is 10. The number of amides is 1. The highest BCUT2D eigenvalue weighted by atomic mass is 32.2. The van der Waals surface area contributed by atoms with Crippen molar-refractivity contribution in [3.05, 3.63) is 46.3 Å². The van der Waals surface area contributed by atoms with Gasteiger partial charge in [0.2, 0.25) is 0 Å². The molecule has 13 nitrogen and oxygen atoms in total. The zero-order valence-corrected chi connectivity index (χ0v) is 19.1. The number of methoxy groups -OCH3 is 1. The minimum absolute atomic E-state index is 0.00159. The summed E-state index contributed by atoms with van der Waals surface area (Å²) >= 11 is 0. The molecule has 1 N–H and O–H groups in total. The van der Waals surface area contributed by atoms with Crippen LogP contribution in [0.2, 0.25) is 0 Å². The Morgan fingerprint density at radius 3 is 2.64 bits per heavy atom. The molecule has 1 aliphatic rings. The minimum atomic E-state index is -3.77. The third-order valence-corrected chi connectivity index (χ3v) is 5.17. The van der Waals surface area contributed by atoms with Crippen LogP contribution in [0.1, 0.15) is 18.9 Å². The van der Waals surface area contributed by atoms with Crippen LogP contribution in [0.3, 0.4) is 0 Å². The Morgan fingerprint density at radius 2 is 2.03 bits per heavy atom. The molecule has 1 fully saturated rings. The topological polar surface area (TPSA) is 175 Å². The molecule has 14 heteroatoms. The summed E-state index contributed by atoms with van der Waals surface area (Å²) in [6.45, 7) is 1.17. The number of alkyl carbamates (subject to hydrolysis) is 1. The molecule has 0 aromatic heterocycles. The second-order valence-electron chi connectivity index (χ2n) is 7.17. The quantitative estimate of drug-likeness (QED) is 0.169. The first-order valence-corrected chi connectivity index (χ1v) is 11.7. The summed E-state index contributed by atoms with van der Waals surface area (Å²) in [7, 11) is -2.63. The first-order valence-electron chi connectivity index (χ1n) is 9.87. The van der Waals surface area contributed by atoms with Crippen LogP contribution in [0.5, 0.6) is 0 Å². The van der Waals surface area contributed by atoms with Gasteiger partial charge in [0.1, 0.15) is 12.7 Å². The van der Waals surface area contributed by atoms with Crippen molar-refractivity contribution < 1.29 is 41.1 Å². The number of azide groups is 1. The molecule has 0 spiro atoms. The fourth-order valence-electron chi connectivity index (χ4n) is 3.00. The van der Waals surface area contributed by atoms with Gasteiger partial charge in [0.25, 0.3) is 10.1 Å². The second kappa shape index (κ2) is 12.4. The summed E-state index contributed by atoms with van der Waals surface area (Å²) in [4.78, 5) is 26.9. The summed E-state index contributed by atoms with van der Waals surface area (Å²) in [5.41, 5.74) is 9.59. The third kappa shape index (κ3) is 8.86. The molecule has 5 atom stereocenters. The van der Waals surface area contributed by atoms with Crippen LogP contribution in [0, 0.1) is 0 Å². The zero-order chi connectivity index (χ0) is 24.4. The van der Waals surface area contributed by atoms with E-state index in [1.165, 1.54) is 0 Å². The third-order valence-electron chi connectivity index (χ3n) is 4.58. The lowest BCUT2D eigenvalue weighted by Crippen LogP contribution is -2.51. The standard InChI is InChI=1S/C19H26N4O9S/c1-12-16(32-33(3,26)27)9-14(22-23-20)18(31-12)29-11-15(17(24)28-2)21-19(25)30-10-13-7-5-4-6-8-13/h4-8,12,14-16,18H,9-11H2,1-3H3,(H,21,25)/t12-,14-,15+,16+,18+/m1/s1. The average molecular weight is 487 g/mol. The number of ether oxygens (including phenoxy) is 4. The van der Waals surface area contributed by atoms with Gasteiger partial charge in [-0.1, -0.05) is 35.4 Å². The molecule has 33 heavy (non-hydrogen) atoms. The van der Waals surface area contributed by atoms with E-state index in [0.717, 1.165) is 18.9 Å². The van der Waals surface area contributed by atoms with Gasteiger partial charge in [-0.3, -0.25) is 4.18 Å². The number of benzene rings is 1. The van der Waals surface area contributed by atoms with Crippen LogP contribution in [0.15, 0.2) is 35.4 Å². The maximum Gasteiger partial charge on any atom is 0.408 e. The minimum Gasteiger partial charge on any atom is -0.467 e. The Morgan fingerprint density at radius 1 is 1.33 bits per heavy atom. The van der Waals surface area contributed by atoms with E-state index in [2.05, 4.69) is 20.1 Å². The van der Waals surface area contributed by atoms with Gasteiger partial charge in [-0.2, -0.15) is 8.42 Å². The van der Waals surface area contributed by atoms with Crippen molar-refractivity contribution >= 4 is 22.2 Å². The average Bonchev–Trinajstić information content (AvgIpc) is 2.77. The summed E-state index contributed by atoms with van der Waals surface area (Å²) in [5.74, 6) is -0.797. The normalized spacial score (nSPS) is 23.6. The molecule has 1 saturated heterocycles. The fourth-order valence-corrected chi connectivity index (χ4v) is 3.68. The Bertz CT molecular complexity index is 953. The van der Waals surface area contributed by atoms with Gasteiger partial charge in [-0.25, -0.2) is 9.59 Å². The van der Waals surface area contributed by atoms with Gasteiger partial charge in [0.05, 0.1) is 32.1 Å². The molecule has 2 rings (SSSR count). The Labute approximate surface area is 191 Å². The SMILES string of the molecule is COC(=O)[C@H](CO[C@H]1O[C@H](C)[C@@H](OS(C)(=O)=O)C[C@H]1N=[N+]=[N-])NC(=O)OCc1ccccc1. The van der Waals surface area contributed by atoms with E-state index in [0.29, 0.717) is 0 Å². The van der Waals surface area contributed by atoms with E-state index in [4.69, 9.17) is 23.9 Å². The fraction of sp³-hybridized carbons (Fsp3) is 0.579. The molecule has 0 unspecified atom stereocenters. The van der Waals surface area contributed by atoms with E-state index < -0.39 is 52.8 Å². The molecule has 1 aromatic rings. The van der Waals surface area contributed by atoms with Crippen molar-refractivity contribution in [2.24, 2.45) is 5.11 Å². The monoisotopic (exact) mass is 486 g/mol. The number of esters is 1. The highest BCUT2D eigenvalue weighted by molar-refractivity contribution is 7.86. The lowest BCUT2D eigenvalue weighted by Gasteiger charge is -2.37. The molecular formula is C19H26N4O9S. The largest absolute Gasteiger partial charge is 0.467 e. The van der Waals surface area contributed by atoms with Crippen molar-refractivity contribution in [1.29, 1.82) is 0 Å². The summed E-state index contributed by atoms with van der Waals surface area (Å²) in [6.07, 6.45) is -2.71. The van der Waals surface area contributed by atoms with E-state index >= 15 is 0 Å². The first kappa shape index (κ1) is 26.4. The van der Waals surface area contributed by atoms with Gasteiger partial charge >= 0.3 is 12.1 Å². The molecule has 0 saturated carbocycles. The predicted molar refractivity (Wildman–Crippen MR) is 113 cm³/mol. The number of nitrogens with zero attached hydrogens (tertiary/aromatic N) is 3. The molecule has 0 bridgehead atoms. The second-order valence-corrected chi connectivity index (χ2v) is 8.77. The van der Waals surface area contributed by atoms with Crippen molar-refractivity contribution in [3.63, 3.8) is 0 Å². The Balaban J connectivity index is 1.98. The van der Waals surface area contributed by atoms with Crippen LogP contribution in [0.4, 0.5) is 4.79 Å². The lowest BCUT2D eigenvalue weighted by molar-refractivity contribution is -0.223. The van der Waals surface area contributed by atoms with Gasteiger partial charge in [-0.15, -0.1) is 0 Å². The molecule has 182 valence electrons. The number of hydrogen-bond acceptors (Lipinski definition) is 10. The van der Waals surface area contributed by atoms with Crippen LogP contribution in [-0.4, -0.2) is 71.0 Å². The van der Waals surface area contributed by atoms with Crippen LogP contribution >= 0.6 is 0 Å². The molecule has 1 aromatic carbocycles. The van der Waals surface area contributed by atoms with Gasteiger partial charge < -0.3 is 24.3 Å². The zero-order valence-electron chi connectivity index (χ0n) is 18.3. The summed E-state index contributed by atoms with van der Waals surface area (Å²) in [5, 5.41) is 5.93. The van der Waals surface area contributed by atoms with Crippen molar-refractivity contribution in [2.45, 2.75) is 50.5 Å². The van der Waals surface area contributed by atoms with Gasteiger partial charge in [0.15, 0.2) is 12.3 Å². The van der Waals surface area contributed by atoms with Crippen molar-refractivity contribution in [1.82, 2.24) is 5.32 Å². The summed E-state index contributed by atoms with van der Waals surface area (Å²) < 4.78 is 48.8. The Kier molecular flexibility index (Phi) is 9.88. The van der Waals surface area contributed by atoms with E-state index in [9.17, 15) is 18.0 Å². The predicted octanol–water partition coefficient (Wildman–Crippen LogP) is 1.63. The molecule has 1 amide bonds. The van der Waals surface area contributed by atoms with Crippen LogP contribution in [0.25, 0.3) is 10.4 Å². The highest BCUT2D eigenvalue weighted by Gasteiger charge is 2.39. The number of nitrogens with one attached hydrogen (secondary N) is 1. The first-order chi connectivity index (χ1) is 15.6. The molecule has 0 aliphatic carbocycles. The maximum atomic E-state index is 12.1. The van der Waals surface area contributed by atoms with E-state index in [1.54, 1.807) is 31.2 Å². The maximum absolute atomic E-state index is 12.1. The van der Waals surface area contributed by atoms with Crippen molar-refractivity contribution in [3.8, 4) is 0 Å². The van der Waals surface area contributed by atoms with Crippen LogP contribution < -0.4 is 5.32 Å². The molecule has 0 radical (unpaired) electrons. The molecule has 1 aliphatic heterocycles. The highest BCUT2D eigenvalue weighted by Crippen LogP contribution is 2.27. The molecular weight excluding hydrogens is 460 g/mol. The van der Waals surface area contributed by atoms with Crippen molar-refractivity contribution in [2.75, 3.05) is 20.0 Å². The Hall–Kier alpha value is -2.90. The summed E-state index contributed by atoms with van der Waals surface area (Å²) in [6, 6.07) is 6.76. The van der Waals surface area contributed by atoms with Crippen LogP contribution in [-0.2, 0) is 44.7 Å². The lowest BCUT2D eigenvalue weighted by atomic mass is 10.0. The number of hydrogen-bond donors (Lipinski definition) is 1. The smallest absolute Gasteiger partial charge is 0.408 e. The van der Waals surface area contributed by atoms with E-state index in [-0.39, 0.29) is 19.6 Å².